The van der Waals surface area contributed by atoms with Gasteiger partial charge < -0.3 is 9.64 Å². The molecule has 3 amide bonds. The number of imide groups is 1. The Hall–Kier alpha value is -4.00. The van der Waals surface area contributed by atoms with E-state index in [4.69, 9.17) is 4.74 Å². The van der Waals surface area contributed by atoms with Gasteiger partial charge in [0.05, 0.1) is 19.2 Å². The number of benzene rings is 3. The summed E-state index contributed by atoms with van der Waals surface area (Å²) in [6.45, 7) is 0.151. The van der Waals surface area contributed by atoms with E-state index < -0.39 is 23.7 Å². The fraction of sp³-hybridized carbons (Fsp3) is 0.160. The zero-order chi connectivity index (χ0) is 22.7. The summed E-state index contributed by atoms with van der Waals surface area (Å²) in [5.41, 5.74) is 1.45. The quantitative estimate of drug-likeness (QED) is 0.556. The van der Waals surface area contributed by atoms with Crippen LogP contribution in [-0.4, -0.2) is 35.8 Å². The van der Waals surface area contributed by atoms with Crippen molar-refractivity contribution in [1.29, 1.82) is 0 Å². The fourth-order valence-electron chi connectivity index (χ4n) is 3.75. The van der Waals surface area contributed by atoms with E-state index in [1.54, 1.807) is 24.3 Å². The molecule has 1 atom stereocenters. The Morgan fingerprint density at radius 1 is 1.03 bits per heavy atom. The molecule has 32 heavy (non-hydrogen) atoms. The number of methoxy groups -OCH3 is 1. The molecule has 6 nitrogen and oxygen atoms in total. The fourth-order valence-corrected chi connectivity index (χ4v) is 3.75. The summed E-state index contributed by atoms with van der Waals surface area (Å²) in [7, 11) is 1.51. The number of ether oxygens (including phenoxy) is 1. The second kappa shape index (κ2) is 9.01. The second-order valence-electron chi connectivity index (χ2n) is 7.41. The Morgan fingerprint density at radius 3 is 2.44 bits per heavy atom. The highest BCUT2D eigenvalue weighted by molar-refractivity contribution is 6.23. The molecular formula is C25H21FN2O4. The molecule has 0 aromatic heterocycles. The van der Waals surface area contributed by atoms with Crippen LogP contribution in [0.1, 0.15) is 22.3 Å². The van der Waals surface area contributed by atoms with Crippen molar-refractivity contribution in [2.24, 2.45) is 0 Å². The number of amides is 3. The predicted molar refractivity (Wildman–Crippen MR) is 117 cm³/mol. The predicted octanol–water partition coefficient (Wildman–Crippen LogP) is 3.81. The maximum Gasteiger partial charge on any atom is 0.257 e. The summed E-state index contributed by atoms with van der Waals surface area (Å²) in [4.78, 5) is 41.9. The summed E-state index contributed by atoms with van der Waals surface area (Å²) >= 11 is 0. The lowest BCUT2D eigenvalue weighted by molar-refractivity contribution is -0.122. The smallest absolute Gasteiger partial charge is 0.257 e. The van der Waals surface area contributed by atoms with Crippen LogP contribution in [0.3, 0.4) is 0 Å². The normalized spacial score (nSPS) is 15.7. The van der Waals surface area contributed by atoms with E-state index >= 15 is 0 Å². The molecule has 1 aliphatic heterocycles. The van der Waals surface area contributed by atoms with Crippen LogP contribution in [0, 0.1) is 5.82 Å². The van der Waals surface area contributed by atoms with Gasteiger partial charge in [-0.2, -0.15) is 0 Å². The first-order valence-electron chi connectivity index (χ1n) is 10.1. The average molecular weight is 432 g/mol. The number of carbonyl (C=O) groups excluding carboxylic acids is 3. The third kappa shape index (κ3) is 4.23. The molecule has 1 aliphatic rings. The molecule has 1 heterocycles. The number of nitrogens with zero attached hydrogens (tertiary/aromatic N) is 2. The third-order valence-corrected chi connectivity index (χ3v) is 5.36. The molecule has 1 unspecified atom stereocenters. The van der Waals surface area contributed by atoms with Crippen molar-refractivity contribution in [3.63, 3.8) is 0 Å². The van der Waals surface area contributed by atoms with Crippen LogP contribution in [0.2, 0.25) is 0 Å². The molecule has 3 aromatic carbocycles. The van der Waals surface area contributed by atoms with Crippen molar-refractivity contribution in [1.82, 2.24) is 4.90 Å². The van der Waals surface area contributed by atoms with Crippen LogP contribution < -0.4 is 9.64 Å². The highest BCUT2D eigenvalue weighted by Crippen LogP contribution is 2.28. The zero-order valence-corrected chi connectivity index (χ0v) is 17.4. The molecule has 1 fully saturated rings. The molecule has 162 valence electrons. The molecule has 7 heteroatoms. The lowest BCUT2D eigenvalue weighted by Crippen LogP contribution is -2.45. The molecule has 1 saturated heterocycles. The van der Waals surface area contributed by atoms with Crippen LogP contribution in [0.15, 0.2) is 78.9 Å². The number of carbonyl (C=O) groups is 3. The van der Waals surface area contributed by atoms with Crippen LogP contribution in [-0.2, 0) is 16.1 Å². The van der Waals surface area contributed by atoms with Gasteiger partial charge in [-0.1, -0.05) is 36.4 Å². The Morgan fingerprint density at radius 2 is 1.75 bits per heavy atom. The van der Waals surface area contributed by atoms with Crippen molar-refractivity contribution in [2.45, 2.75) is 19.0 Å². The van der Waals surface area contributed by atoms with E-state index in [0.717, 1.165) is 10.5 Å². The Bertz CT molecular complexity index is 1150. The number of halogens is 1. The summed E-state index contributed by atoms with van der Waals surface area (Å²) in [5.74, 6) is -1.31. The Kier molecular flexibility index (Phi) is 5.98. The summed E-state index contributed by atoms with van der Waals surface area (Å²) < 4.78 is 18.5. The highest BCUT2D eigenvalue weighted by atomic mass is 19.1. The van der Waals surface area contributed by atoms with E-state index in [-0.39, 0.29) is 24.6 Å². The minimum Gasteiger partial charge on any atom is -0.497 e. The van der Waals surface area contributed by atoms with Crippen molar-refractivity contribution in [3.8, 4) is 5.75 Å². The van der Waals surface area contributed by atoms with Crippen molar-refractivity contribution in [2.75, 3.05) is 12.0 Å². The third-order valence-electron chi connectivity index (χ3n) is 5.36. The lowest BCUT2D eigenvalue weighted by Gasteiger charge is -2.28. The van der Waals surface area contributed by atoms with Crippen LogP contribution in [0.4, 0.5) is 10.1 Å². The summed E-state index contributed by atoms with van der Waals surface area (Å²) in [6.07, 6.45) is -0.154. The van der Waals surface area contributed by atoms with Crippen molar-refractivity contribution >= 4 is 23.4 Å². The lowest BCUT2D eigenvalue weighted by atomic mass is 10.1. The highest BCUT2D eigenvalue weighted by Gasteiger charge is 2.44. The summed E-state index contributed by atoms with van der Waals surface area (Å²) in [5, 5.41) is 0. The van der Waals surface area contributed by atoms with Gasteiger partial charge in [0.1, 0.15) is 17.6 Å². The zero-order valence-electron chi connectivity index (χ0n) is 17.4. The molecule has 0 bridgehead atoms. The van der Waals surface area contributed by atoms with Crippen molar-refractivity contribution in [3.05, 3.63) is 95.8 Å². The van der Waals surface area contributed by atoms with E-state index in [1.807, 2.05) is 30.3 Å². The number of rotatable bonds is 6. The first-order valence-corrected chi connectivity index (χ1v) is 10.1. The van der Waals surface area contributed by atoms with Gasteiger partial charge in [0, 0.05) is 12.1 Å². The minimum atomic E-state index is -0.980. The summed E-state index contributed by atoms with van der Waals surface area (Å²) in [6, 6.07) is 20.0. The molecule has 0 N–H and O–H groups in total. The van der Waals surface area contributed by atoms with Gasteiger partial charge in [0.15, 0.2) is 0 Å². The minimum absolute atomic E-state index is 0.151. The maximum absolute atomic E-state index is 13.5. The van der Waals surface area contributed by atoms with Crippen molar-refractivity contribution < 1.29 is 23.5 Å². The van der Waals surface area contributed by atoms with Gasteiger partial charge in [-0.25, -0.2) is 9.29 Å². The number of hydrogen-bond acceptors (Lipinski definition) is 4. The molecule has 0 aliphatic carbocycles. The SMILES string of the molecule is COc1cccc(C(=O)N(Cc2ccccc2)C2CC(=O)N(c3ccc(F)cc3)C2=O)c1. The number of hydrogen-bond donors (Lipinski definition) is 0. The topological polar surface area (TPSA) is 66.9 Å². The molecule has 0 saturated carbocycles. The first-order chi connectivity index (χ1) is 15.5. The largest absolute Gasteiger partial charge is 0.497 e. The molecular weight excluding hydrogens is 411 g/mol. The van der Waals surface area contributed by atoms with E-state index in [1.165, 1.54) is 36.3 Å². The van der Waals surface area contributed by atoms with Gasteiger partial charge in [0.25, 0.3) is 11.8 Å². The molecule has 0 spiro atoms. The van der Waals surface area contributed by atoms with Crippen LogP contribution >= 0.6 is 0 Å². The van der Waals surface area contributed by atoms with Crippen LogP contribution in [0.25, 0.3) is 0 Å². The number of anilines is 1. The van der Waals surface area contributed by atoms with Gasteiger partial charge in [-0.05, 0) is 48.0 Å². The van der Waals surface area contributed by atoms with Gasteiger partial charge in [-0.15, -0.1) is 0 Å². The monoisotopic (exact) mass is 432 g/mol. The Labute approximate surface area is 184 Å². The standard InChI is InChI=1S/C25H21FN2O4/c1-32-21-9-5-8-18(14-21)24(30)27(16-17-6-3-2-4-7-17)22-15-23(29)28(25(22)31)20-12-10-19(26)11-13-20/h2-14,22H,15-16H2,1H3. The first kappa shape index (κ1) is 21.2. The average Bonchev–Trinajstić information content (AvgIpc) is 3.12. The molecule has 0 radical (unpaired) electrons. The van der Waals surface area contributed by atoms with E-state index in [0.29, 0.717) is 11.3 Å². The van der Waals surface area contributed by atoms with E-state index in [9.17, 15) is 18.8 Å². The maximum atomic E-state index is 13.5. The molecule has 4 rings (SSSR count). The van der Waals surface area contributed by atoms with Crippen LogP contribution in [0.5, 0.6) is 5.75 Å². The van der Waals surface area contributed by atoms with Gasteiger partial charge >= 0.3 is 0 Å². The van der Waals surface area contributed by atoms with E-state index in [2.05, 4.69) is 0 Å². The molecule has 3 aromatic rings. The van der Waals surface area contributed by atoms with Gasteiger partial charge in [-0.3, -0.25) is 14.4 Å². The second-order valence-corrected chi connectivity index (χ2v) is 7.41. The Balaban J connectivity index is 1.69. The van der Waals surface area contributed by atoms with Gasteiger partial charge in [0.2, 0.25) is 5.91 Å².